The van der Waals surface area contributed by atoms with Crippen molar-refractivity contribution in [3.63, 3.8) is 0 Å². The fraction of sp³-hybridized carbons (Fsp3) is 0.312. The molecule has 0 spiro atoms. The molecule has 1 heterocycles. The van der Waals surface area contributed by atoms with Crippen LogP contribution in [0.2, 0.25) is 0 Å². The minimum Gasteiger partial charge on any atom is -0.347 e. The smallest absolute Gasteiger partial charge is 0.251 e. The molecule has 106 valence electrons. The van der Waals surface area contributed by atoms with Crippen molar-refractivity contribution in [2.45, 2.75) is 31.7 Å². The van der Waals surface area contributed by atoms with Crippen LogP contribution in [-0.4, -0.2) is 12.2 Å². The molecular weight excluding hydrogens is 286 g/mol. The van der Waals surface area contributed by atoms with E-state index in [0.29, 0.717) is 6.54 Å². The summed E-state index contributed by atoms with van der Waals surface area (Å²) >= 11 is 3.41. The standard InChI is InChI=1S/C16H19NOS2/c1-4-12-7-8-14(20-12)10-17-16(18)15-9-13(19-3)6-5-11(15)2/h5-9H,4,10H2,1-3H3,(H,17,18). The van der Waals surface area contributed by atoms with Gasteiger partial charge in [0.1, 0.15) is 0 Å². The lowest BCUT2D eigenvalue weighted by molar-refractivity contribution is 0.0950. The number of rotatable bonds is 5. The Balaban J connectivity index is 2.04. The highest BCUT2D eigenvalue weighted by Gasteiger charge is 2.10. The zero-order valence-electron chi connectivity index (χ0n) is 12.0. The number of thiophene rings is 1. The molecule has 0 aliphatic rings. The van der Waals surface area contributed by atoms with E-state index >= 15 is 0 Å². The molecule has 0 fully saturated rings. The number of benzene rings is 1. The Morgan fingerprint density at radius 3 is 2.65 bits per heavy atom. The van der Waals surface area contributed by atoms with Crippen LogP contribution in [0.25, 0.3) is 0 Å². The summed E-state index contributed by atoms with van der Waals surface area (Å²) in [5.74, 6) is 0.00449. The second-order valence-corrected chi connectivity index (χ2v) is 6.72. The van der Waals surface area contributed by atoms with Gasteiger partial charge in [0.15, 0.2) is 0 Å². The number of thioether (sulfide) groups is 1. The normalized spacial score (nSPS) is 10.6. The van der Waals surface area contributed by atoms with Crippen LogP contribution in [0.3, 0.4) is 0 Å². The molecular formula is C16H19NOS2. The third-order valence-corrected chi connectivity index (χ3v) is 5.13. The van der Waals surface area contributed by atoms with Gasteiger partial charge in [-0.15, -0.1) is 23.1 Å². The van der Waals surface area contributed by atoms with Gasteiger partial charge in [-0.3, -0.25) is 4.79 Å². The van der Waals surface area contributed by atoms with Crippen molar-refractivity contribution in [3.8, 4) is 0 Å². The summed E-state index contributed by atoms with van der Waals surface area (Å²) in [6, 6.07) is 10.2. The van der Waals surface area contributed by atoms with Gasteiger partial charge in [0.25, 0.3) is 5.91 Å². The number of hydrogen-bond donors (Lipinski definition) is 1. The van der Waals surface area contributed by atoms with Crippen LogP contribution < -0.4 is 5.32 Å². The molecule has 0 atom stereocenters. The van der Waals surface area contributed by atoms with Gasteiger partial charge in [0, 0.05) is 20.2 Å². The average molecular weight is 305 g/mol. The number of hydrogen-bond acceptors (Lipinski definition) is 3. The molecule has 1 N–H and O–H groups in total. The monoisotopic (exact) mass is 305 g/mol. The second kappa shape index (κ2) is 6.95. The van der Waals surface area contributed by atoms with Gasteiger partial charge in [-0.2, -0.15) is 0 Å². The highest BCUT2D eigenvalue weighted by atomic mass is 32.2. The first-order chi connectivity index (χ1) is 9.63. The van der Waals surface area contributed by atoms with Crippen molar-refractivity contribution in [1.29, 1.82) is 0 Å². The van der Waals surface area contributed by atoms with Crippen LogP contribution in [0.5, 0.6) is 0 Å². The molecule has 0 aliphatic heterocycles. The number of carbonyl (C=O) groups excluding carboxylic acids is 1. The van der Waals surface area contributed by atoms with Gasteiger partial charge in [-0.05, 0) is 49.4 Å². The van der Waals surface area contributed by atoms with Gasteiger partial charge in [0.05, 0.1) is 6.54 Å². The van der Waals surface area contributed by atoms with Crippen LogP contribution in [0.4, 0.5) is 0 Å². The Kier molecular flexibility index (Phi) is 5.26. The molecule has 0 unspecified atom stereocenters. The van der Waals surface area contributed by atoms with Crippen molar-refractivity contribution < 1.29 is 4.79 Å². The fourth-order valence-electron chi connectivity index (χ4n) is 1.94. The van der Waals surface area contributed by atoms with Gasteiger partial charge in [-0.1, -0.05) is 13.0 Å². The average Bonchev–Trinajstić information content (AvgIpc) is 2.93. The van der Waals surface area contributed by atoms with Crippen LogP contribution >= 0.6 is 23.1 Å². The summed E-state index contributed by atoms with van der Waals surface area (Å²) in [5.41, 5.74) is 1.78. The highest BCUT2D eigenvalue weighted by Crippen LogP contribution is 2.20. The van der Waals surface area contributed by atoms with Crippen molar-refractivity contribution in [3.05, 3.63) is 51.2 Å². The van der Waals surface area contributed by atoms with Gasteiger partial charge >= 0.3 is 0 Å². The summed E-state index contributed by atoms with van der Waals surface area (Å²) in [7, 11) is 0. The van der Waals surface area contributed by atoms with Gasteiger partial charge in [-0.25, -0.2) is 0 Å². The first kappa shape index (κ1) is 15.1. The largest absolute Gasteiger partial charge is 0.347 e. The van der Waals surface area contributed by atoms with Crippen molar-refractivity contribution in [1.82, 2.24) is 5.32 Å². The topological polar surface area (TPSA) is 29.1 Å². The number of amides is 1. The maximum Gasteiger partial charge on any atom is 0.251 e. The molecule has 0 radical (unpaired) electrons. The predicted octanol–water partition coefficient (Wildman–Crippen LogP) is 4.27. The maximum atomic E-state index is 12.3. The van der Waals surface area contributed by atoms with Crippen molar-refractivity contribution in [2.75, 3.05) is 6.26 Å². The third kappa shape index (κ3) is 3.64. The quantitative estimate of drug-likeness (QED) is 0.836. The van der Waals surface area contributed by atoms with E-state index in [2.05, 4.69) is 24.4 Å². The van der Waals surface area contributed by atoms with Crippen LogP contribution in [-0.2, 0) is 13.0 Å². The van der Waals surface area contributed by atoms with E-state index in [0.717, 1.165) is 22.4 Å². The SMILES string of the molecule is CCc1ccc(CNC(=O)c2cc(SC)ccc2C)s1. The highest BCUT2D eigenvalue weighted by molar-refractivity contribution is 7.98. The first-order valence-electron chi connectivity index (χ1n) is 6.64. The molecule has 1 aromatic heterocycles. The van der Waals surface area contributed by atoms with Crippen molar-refractivity contribution in [2.24, 2.45) is 0 Å². The van der Waals surface area contributed by atoms with Gasteiger partial charge < -0.3 is 5.32 Å². The maximum absolute atomic E-state index is 12.3. The van der Waals surface area contributed by atoms with E-state index in [1.54, 1.807) is 23.1 Å². The lowest BCUT2D eigenvalue weighted by atomic mass is 10.1. The summed E-state index contributed by atoms with van der Waals surface area (Å²) < 4.78 is 0. The van der Waals surface area contributed by atoms with Crippen LogP contribution in [0.1, 0.15) is 32.6 Å². The molecule has 20 heavy (non-hydrogen) atoms. The zero-order valence-corrected chi connectivity index (χ0v) is 13.7. The molecule has 1 aromatic carbocycles. The number of carbonyl (C=O) groups is 1. The Hall–Kier alpha value is -1.26. The van der Waals surface area contributed by atoms with E-state index < -0.39 is 0 Å². The Morgan fingerprint density at radius 1 is 1.25 bits per heavy atom. The fourth-order valence-corrected chi connectivity index (χ4v) is 3.28. The first-order valence-corrected chi connectivity index (χ1v) is 8.68. The predicted molar refractivity (Wildman–Crippen MR) is 87.8 cm³/mol. The number of nitrogens with one attached hydrogen (secondary N) is 1. The molecule has 0 saturated carbocycles. The van der Waals surface area contributed by atoms with Crippen LogP contribution in [0.15, 0.2) is 35.2 Å². The number of aryl methyl sites for hydroxylation is 2. The van der Waals surface area contributed by atoms with E-state index in [4.69, 9.17) is 0 Å². The van der Waals surface area contributed by atoms with Gasteiger partial charge in [0.2, 0.25) is 0 Å². The third-order valence-electron chi connectivity index (χ3n) is 3.18. The minimum absolute atomic E-state index is 0.00449. The molecule has 0 bridgehead atoms. The summed E-state index contributed by atoms with van der Waals surface area (Å²) in [6.07, 6.45) is 3.07. The molecule has 2 nitrogen and oxygen atoms in total. The molecule has 1 amide bonds. The molecule has 2 aromatic rings. The van der Waals surface area contributed by atoms with Crippen LogP contribution in [0, 0.1) is 6.92 Å². The lowest BCUT2D eigenvalue weighted by Crippen LogP contribution is -2.23. The molecule has 4 heteroatoms. The molecule has 2 rings (SSSR count). The molecule has 0 saturated heterocycles. The minimum atomic E-state index is 0.00449. The zero-order chi connectivity index (χ0) is 14.5. The van der Waals surface area contributed by atoms with Crippen molar-refractivity contribution >= 4 is 29.0 Å². The lowest BCUT2D eigenvalue weighted by Gasteiger charge is -2.08. The summed E-state index contributed by atoms with van der Waals surface area (Å²) in [5, 5.41) is 3.01. The Morgan fingerprint density at radius 2 is 2.00 bits per heavy atom. The summed E-state index contributed by atoms with van der Waals surface area (Å²) in [6.45, 7) is 4.72. The summed E-state index contributed by atoms with van der Waals surface area (Å²) in [4.78, 5) is 15.9. The Labute approximate surface area is 128 Å². The van der Waals surface area contributed by atoms with E-state index in [1.165, 1.54) is 9.75 Å². The Bertz CT molecular complexity index is 604. The molecule has 0 aliphatic carbocycles. The van der Waals surface area contributed by atoms with E-state index in [-0.39, 0.29) is 5.91 Å². The van der Waals surface area contributed by atoms with E-state index in [1.807, 2.05) is 31.4 Å². The second-order valence-electron chi connectivity index (χ2n) is 4.59. The van der Waals surface area contributed by atoms with E-state index in [9.17, 15) is 4.79 Å².